The van der Waals surface area contributed by atoms with Gasteiger partial charge in [0.1, 0.15) is 0 Å². The Morgan fingerprint density at radius 2 is 1.75 bits per heavy atom. The van der Waals surface area contributed by atoms with Gasteiger partial charge in [0.2, 0.25) is 5.91 Å². The van der Waals surface area contributed by atoms with Gasteiger partial charge in [0.25, 0.3) is 0 Å². The highest BCUT2D eigenvalue weighted by Crippen LogP contribution is 2.51. The number of halogens is 2. The number of benzene rings is 2. The lowest BCUT2D eigenvalue weighted by Crippen LogP contribution is -2.59. The van der Waals surface area contributed by atoms with Crippen LogP contribution in [-0.4, -0.2) is 42.1 Å². The second-order valence-electron chi connectivity index (χ2n) is 8.46. The predicted octanol–water partition coefficient (Wildman–Crippen LogP) is 5.88. The standard InChI is InChI=1S/C25H30Cl2N2O3/c1-5-28(6-2)29-23(17-10-12-19(26)13-11-17)21(18-8-7-9-20(27)14-18)15-25(3,24(29)31)16-22(30)32-4/h7-14,21,23H,5-6,15-16H2,1-4H3/t21?,23-,25-/m1/s1. The van der Waals surface area contributed by atoms with Gasteiger partial charge in [-0.3, -0.25) is 14.6 Å². The number of hydrazine groups is 1. The first-order valence-corrected chi connectivity index (χ1v) is 11.7. The fourth-order valence-electron chi connectivity index (χ4n) is 4.70. The van der Waals surface area contributed by atoms with Crippen LogP contribution in [0.2, 0.25) is 10.0 Å². The van der Waals surface area contributed by atoms with Gasteiger partial charge in [0.15, 0.2) is 0 Å². The van der Waals surface area contributed by atoms with E-state index < -0.39 is 11.4 Å². The summed E-state index contributed by atoms with van der Waals surface area (Å²) in [6.45, 7) is 7.22. The number of methoxy groups -OCH3 is 1. The maximum atomic E-state index is 14.0. The minimum Gasteiger partial charge on any atom is -0.469 e. The quantitative estimate of drug-likeness (QED) is 0.468. The van der Waals surface area contributed by atoms with Gasteiger partial charge in [-0.15, -0.1) is 0 Å². The molecular weight excluding hydrogens is 447 g/mol. The van der Waals surface area contributed by atoms with Gasteiger partial charge in [0, 0.05) is 29.1 Å². The Bertz CT molecular complexity index is 962. The number of hydrogen-bond donors (Lipinski definition) is 0. The van der Waals surface area contributed by atoms with Crippen molar-refractivity contribution in [3.05, 3.63) is 69.7 Å². The van der Waals surface area contributed by atoms with Crippen molar-refractivity contribution in [3.8, 4) is 0 Å². The number of nitrogens with zero attached hydrogens (tertiary/aromatic N) is 2. The zero-order valence-electron chi connectivity index (χ0n) is 19.0. The van der Waals surface area contributed by atoms with Gasteiger partial charge in [-0.25, -0.2) is 5.01 Å². The Morgan fingerprint density at radius 1 is 1.09 bits per heavy atom. The second-order valence-corrected chi connectivity index (χ2v) is 9.34. The number of rotatable bonds is 7. The second kappa shape index (κ2) is 10.2. The van der Waals surface area contributed by atoms with E-state index in [1.165, 1.54) is 7.11 Å². The van der Waals surface area contributed by atoms with Crippen LogP contribution in [0.15, 0.2) is 48.5 Å². The van der Waals surface area contributed by atoms with Crippen molar-refractivity contribution in [1.29, 1.82) is 0 Å². The van der Waals surface area contributed by atoms with Crippen LogP contribution < -0.4 is 0 Å². The lowest BCUT2D eigenvalue weighted by Gasteiger charge is -2.52. The average molecular weight is 477 g/mol. The fourth-order valence-corrected chi connectivity index (χ4v) is 5.02. The molecule has 1 saturated heterocycles. The third-order valence-electron chi connectivity index (χ3n) is 6.32. The number of carbonyl (C=O) groups excluding carboxylic acids is 2. The van der Waals surface area contributed by atoms with E-state index in [2.05, 4.69) is 0 Å². The summed E-state index contributed by atoms with van der Waals surface area (Å²) in [7, 11) is 1.35. The molecule has 1 heterocycles. The number of esters is 1. The zero-order valence-corrected chi connectivity index (χ0v) is 20.5. The van der Waals surface area contributed by atoms with E-state index in [-0.39, 0.29) is 24.3 Å². The summed E-state index contributed by atoms with van der Waals surface area (Å²) in [5.74, 6) is -0.553. The molecule has 0 aliphatic carbocycles. The molecule has 5 nitrogen and oxygen atoms in total. The van der Waals surface area contributed by atoms with E-state index in [0.717, 1.165) is 11.1 Å². The molecular formula is C25H30Cl2N2O3. The summed E-state index contributed by atoms with van der Waals surface area (Å²) in [6, 6.07) is 15.1. The van der Waals surface area contributed by atoms with Crippen LogP contribution in [0.1, 0.15) is 56.7 Å². The Balaban J connectivity index is 2.21. The van der Waals surface area contributed by atoms with Crippen molar-refractivity contribution in [2.45, 2.75) is 45.6 Å². The van der Waals surface area contributed by atoms with E-state index in [9.17, 15) is 9.59 Å². The molecule has 0 spiro atoms. The van der Waals surface area contributed by atoms with Crippen molar-refractivity contribution < 1.29 is 14.3 Å². The topological polar surface area (TPSA) is 49.9 Å². The van der Waals surface area contributed by atoms with Crippen LogP contribution in [0.3, 0.4) is 0 Å². The molecule has 0 bridgehead atoms. The number of carbonyl (C=O) groups is 2. The zero-order chi connectivity index (χ0) is 23.5. The molecule has 0 saturated carbocycles. The summed E-state index contributed by atoms with van der Waals surface area (Å²) in [4.78, 5) is 26.3. The van der Waals surface area contributed by atoms with E-state index in [0.29, 0.717) is 29.6 Å². The van der Waals surface area contributed by atoms with Gasteiger partial charge in [-0.05, 0) is 41.8 Å². The third-order valence-corrected chi connectivity index (χ3v) is 6.81. The van der Waals surface area contributed by atoms with Gasteiger partial charge in [-0.1, -0.05) is 68.2 Å². The maximum Gasteiger partial charge on any atom is 0.306 e. The van der Waals surface area contributed by atoms with Crippen molar-refractivity contribution in [2.24, 2.45) is 5.41 Å². The number of hydrogen-bond acceptors (Lipinski definition) is 4. The van der Waals surface area contributed by atoms with Crippen LogP contribution in [0, 0.1) is 5.41 Å². The van der Waals surface area contributed by atoms with E-state index in [1.807, 2.05) is 79.3 Å². The van der Waals surface area contributed by atoms with E-state index >= 15 is 0 Å². The minimum absolute atomic E-state index is 0.0184. The molecule has 2 aromatic carbocycles. The van der Waals surface area contributed by atoms with Crippen molar-refractivity contribution in [1.82, 2.24) is 10.0 Å². The first-order chi connectivity index (χ1) is 15.2. The minimum atomic E-state index is -0.911. The first-order valence-electron chi connectivity index (χ1n) is 10.9. The van der Waals surface area contributed by atoms with E-state index in [4.69, 9.17) is 27.9 Å². The molecule has 1 aliphatic heterocycles. The molecule has 3 atom stereocenters. The number of piperidine rings is 1. The third kappa shape index (κ3) is 4.95. The first kappa shape index (κ1) is 24.6. The molecule has 3 rings (SSSR count). The summed E-state index contributed by atoms with van der Waals surface area (Å²) in [5, 5.41) is 5.16. The predicted molar refractivity (Wildman–Crippen MR) is 128 cm³/mol. The highest BCUT2D eigenvalue weighted by molar-refractivity contribution is 6.30. The van der Waals surface area contributed by atoms with Crippen molar-refractivity contribution in [2.75, 3.05) is 20.2 Å². The summed E-state index contributed by atoms with van der Waals surface area (Å²) in [5.41, 5.74) is 1.10. The van der Waals surface area contributed by atoms with Crippen LogP contribution in [-0.2, 0) is 14.3 Å². The van der Waals surface area contributed by atoms with Crippen molar-refractivity contribution in [3.63, 3.8) is 0 Å². The molecule has 0 N–H and O–H groups in total. The number of ether oxygens (including phenoxy) is 1. The number of amides is 1. The summed E-state index contributed by atoms with van der Waals surface area (Å²) >= 11 is 12.5. The molecule has 1 unspecified atom stereocenters. The van der Waals surface area contributed by atoms with Crippen molar-refractivity contribution >= 4 is 35.1 Å². The Morgan fingerprint density at radius 3 is 2.31 bits per heavy atom. The fraction of sp³-hybridized carbons (Fsp3) is 0.440. The molecule has 0 radical (unpaired) electrons. The molecule has 172 valence electrons. The molecule has 2 aromatic rings. The van der Waals surface area contributed by atoms with Crippen LogP contribution in [0.5, 0.6) is 0 Å². The normalized spacial score (nSPS) is 23.5. The Labute approximate surface area is 200 Å². The monoisotopic (exact) mass is 476 g/mol. The molecule has 1 aliphatic rings. The molecule has 7 heteroatoms. The van der Waals surface area contributed by atoms with Crippen LogP contribution in [0.25, 0.3) is 0 Å². The average Bonchev–Trinajstić information content (AvgIpc) is 2.78. The van der Waals surface area contributed by atoms with E-state index in [1.54, 1.807) is 0 Å². The molecule has 1 amide bonds. The van der Waals surface area contributed by atoms with Gasteiger partial charge >= 0.3 is 5.97 Å². The Kier molecular flexibility index (Phi) is 7.86. The van der Waals surface area contributed by atoms with Gasteiger partial charge in [0.05, 0.1) is 25.0 Å². The SMILES string of the molecule is CCN(CC)N1C(=O)[C@@](C)(CC(=O)OC)CC(c2cccc(Cl)c2)[C@H]1c1ccc(Cl)cc1. The molecule has 0 aromatic heterocycles. The Hall–Kier alpha value is -2.08. The summed E-state index contributed by atoms with van der Waals surface area (Å²) < 4.78 is 4.94. The maximum absolute atomic E-state index is 14.0. The summed E-state index contributed by atoms with van der Waals surface area (Å²) in [6.07, 6.45) is 0.511. The van der Waals surface area contributed by atoms with Gasteiger partial charge in [-0.2, -0.15) is 0 Å². The van der Waals surface area contributed by atoms with Crippen LogP contribution >= 0.6 is 23.2 Å². The highest BCUT2D eigenvalue weighted by Gasteiger charge is 2.52. The lowest BCUT2D eigenvalue weighted by molar-refractivity contribution is -0.181. The highest BCUT2D eigenvalue weighted by atomic mass is 35.5. The smallest absolute Gasteiger partial charge is 0.306 e. The van der Waals surface area contributed by atoms with Gasteiger partial charge < -0.3 is 4.74 Å². The largest absolute Gasteiger partial charge is 0.469 e. The molecule has 1 fully saturated rings. The lowest BCUT2D eigenvalue weighted by atomic mass is 9.68. The molecule has 32 heavy (non-hydrogen) atoms. The van der Waals surface area contributed by atoms with Crippen LogP contribution in [0.4, 0.5) is 0 Å².